The van der Waals surface area contributed by atoms with Gasteiger partial charge in [-0.1, -0.05) is 18.2 Å². The Hall–Kier alpha value is -1.59. The van der Waals surface area contributed by atoms with Crippen LogP contribution >= 0.6 is 0 Å². The molecule has 0 aliphatic carbocycles. The van der Waals surface area contributed by atoms with E-state index >= 15 is 0 Å². The fourth-order valence-corrected chi connectivity index (χ4v) is 2.69. The number of piperazine rings is 1. The van der Waals surface area contributed by atoms with Gasteiger partial charge in [0.05, 0.1) is 6.54 Å². The third-order valence-electron chi connectivity index (χ3n) is 3.97. The van der Waals surface area contributed by atoms with E-state index in [0.717, 1.165) is 45.7 Å². The van der Waals surface area contributed by atoms with Crippen molar-refractivity contribution in [2.75, 3.05) is 64.8 Å². The molecule has 1 amide bonds. The maximum absolute atomic E-state index is 11.9. The Morgan fingerprint density at radius 1 is 1.14 bits per heavy atom. The van der Waals surface area contributed by atoms with Crippen molar-refractivity contribution in [3.63, 3.8) is 0 Å². The van der Waals surface area contributed by atoms with E-state index in [4.69, 9.17) is 0 Å². The predicted molar refractivity (Wildman–Crippen MR) is 91.3 cm³/mol. The molecule has 5 heteroatoms. The summed E-state index contributed by atoms with van der Waals surface area (Å²) in [4.78, 5) is 18.7. The fourth-order valence-electron chi connectivity index (χ4n) is 2.69. The molecule has 1 aromatic carbocycles. The molecule has 22 heavy (non-hydrogen) atoms. The summed E-state index contributed by atoms with van der Waals surface area (Å²) in [5, 5.41) is 3.01. The minimum atomic E-state index is 0.145. The lowest BCUT2D eigenvalue weighted by Gasteiger charge is -2.35. The zero-order valence-corrected chi connectivity index (χ0v) is 13.8. The fraction of sp³-hybridized carbons (Fsp3) is 0.588. The van der Waals surface area contributed by atoms with Gasteiger partial charge in [0.1, 0.15) is 0 Å². The van der Waals surface area contributed by atoms with Crippen LogP contribution in [0.3, 0.4) is 0 Å². The molecule has 0 bridgehead atoms. The third kappa shape index (κ3) is 5.66. The minimum absolute atomic E-state index is 0.145. The second kappa shape index (κ2) is 8.76. The van der Waals surface area contributed by atoms with Gasteiger partial charge in [0, 0.05) is 38.4 Å². The number of carbonyl (C=O) groups is 1. The van der Waals surface area contributed by atoms with Gasteiger partial charge in [0.2, 0.25) is 5.91 Å². The molecule has 2 rings (SSSR count). The summed E-state index contributed by atoms with van der Waals surface area (Å²) in [6.07, 6.45) is 1.00. The second-order valence-corrected chi connectivity index (χ2v) is 6.11. The largest absolute Gasteiger partial charge is 0.369 e. The van der Waals surface area contributed by atoms with E-state index in [-0.39, 0.29) is 5.91 Å². The highest BCUT2D eigenvalue weighted by Crippen LogP contribution is 2.15. The quantitative estimate of drug-likeness (QED) is 0.759. The number of hydrogen-bond donors (Lipinski definition) is 1. The molecule has 0 atom stereocenters. The summed E-state index contributed by atoms with van der Waals surface area (Å²) in [7, 11) is 4.10. The van der Waals surface area contributed by atoms with E-state index in [1.54, 1.807) is 0 Å². The predicted octanol–water partition coefficient (Wildman–Crippen LogP) is 0.877. The molecule has 1 saturated heterocycles. The number of rotatable bonds is 7. The van der Waals surface area contributed by atoms with Crippen LogP contribution < -0.4 is 10.2 Å². The first-order valence-corrected chi connectivity index (χ1v) is 8.09. The number of nitrogens with zero attached hydrogens (tertiary/aromatic N) is 3. The molecule has 1 heterocycles. The SMILES string of the molecule is CN(C)CCCNC(=O)CN1CCN(c2ccccc2)CC1. The van der Waals surface area contributed by atoms with E-state index < -0.39 is 0 Å². The summed E-state index contributed by atoms with van der Waals surface area (Å²) in [5.41, 5.74) is 1.27. The lowest BCUT2D eigenvalue weighted by Crippen LogP contribution is -2.49. The van der Waals surface area contributed by atoms with E-state index in [1.807, 2.05) is 20.2 Å². The van der Waals surface area contributed by atoms with E-state index in [9.17, 15) is 4.79 Å². The normalized spacial score (nSPS) is 16.0. The van der Waals surface area contributed by atoms with Gasteiger partial charge in [-0.3, -0.25) is 9.69 Å². The third-order valence-corrected chi connectivity index (χ3v) is 3.97. The molecule has 0 radical (unpaired) electrons. The Bertz CT molecular complexity index is 441. The van der Waals surface area contributed by atoms with Gasteiger partial charge in [0.25, 0.3) is 0 Å². The number of carbonyl (C=O) groups excluding carboxylic acids is 1. The number of para-hydroxylation sites is 1. The lowest BCUT2D eigenvalue weighted by molar-refractivity contribution is -0.122. The van der Waals surface area contributed by atoms with Crippen molar-refractivity contribution in [2.24, 2.45) is 0 Å². The van der Waals surface area contributed by atoms with Gasteiger partial charge >= 0.3 is 0 Å². The van der Waals surface area contributed by atoms with Crippen molar-refractivity contribution < 1.29 is 4.79 Å². The molecular weight excluding hydrogens is 276 g/mol. The van der Waals surface area contributed by atoms with Crippen LogP contribution in [0, 0.1) is 0 Å². The van der Waals surface area contributed by atoms with E-state index in [0.29, 0.717) is 6.54 Å². The van der Waals surface area contributed by atoms with Gasteiger partial charge in [0.15, 0.2) is 0 Å². The molecule has 1 N–H and O–H groups in total. The molecule has 5 nitrogen and oxygen atoms in total. The Kier molecular flexibility index (Phi) is 6.68. The van der Waals surface area contributed by atoms with Crippen LogP contribution in [0.25, 0.3) is 0 Å². The zero-order chi connectivity index (χ0) is 15.8. The first-order chi connectivity index (χ1) is 10.6. The van der Waals surface area contributed by atoms with Crippen LogP contribution in [0.2, 0.25) is 0 Å². The average molecular weight is 304 g/mol. The summed E-state index contributed by atoms with van der Waals surface area (Å²) in [6.45, 7) is 6.15. The summed E-state index contributed by atoms with van der Waals surface area (Å²) >= 11 is 0. The number of amides is 1. The van der Waals surface area contributed by atoms with Crippen molar-refractivity contribution in [1.29, 1.82) is 0 Å². The topological polar surface area (TPSA) is 38.8 Å². The summed E-state index contributed by atoms with van der Waals surface area (Å²) in [6, 6.07) is 10.5. The Labute approximate surface area is 133 Å². The van der Waals surface area contributed by atoms with E-state index in [1.165, 1.54) is 5.69 Å². The Balaban J connectivity index is 1.64. The van der Waals surface area contributed by atoms with Crippen LogP contribution in [0.4, 0.5) is 5.69 Å². The van der Waals surface area contributed by atoms with Gasteiger partial charge in [-0.25, -0.2) is 0 Å². The maximum atomic E-state index is 11.9. The second-order valence-electron chi connectivity index (χ2n) is 6.11. The highest BCUT2D eigenvalue weighted by molar-refractivity contribution is 5.78. The molecule has 1 aromatic rings. The van der Waals surface area contributed by atoms with Gasteiger partial charge in [-0.2, -0.15) is 0 Å². The Morgan fingerprint density at radius 3 is 2.45 bits per heavy atom. The molecule has 0 unspecified atom stereocenters. The summed E-state index contributed by atoms with van der Waals surface area (Å²) in [5.74, 6) is 0.145. The zero-order valence-electron chi connectivity index (χ0n) is 13.8. The molecule has 0 aromatic heterocycles. The molecule has 0 saturated carbocycles. The monoisotopic (exact) mass is 304 g/mol. The van der Waals surface area contributed by atoms with Crippen molar-refractivity contribution in [3.05, 3.63) is 30.3 Å². The standard InChI is InChI=1S/C17H28N4O/c1-19(2)10-6-9-18-17(22)15-20-11-13-21(14-12-20)16-7-4-3-5-8-16/h3-5,7-8H,6,9-15H2,1-2H3,(H,18,22). The number of hydrogen-bond acceptors (Lipinski definition) is 4. The number of benzene rings is 1. The van der Waals surface area contributed by atoms with Gasteiger partial charge < -0.3 is 15.1 Å². The molecule has 122 valence electrons. The molecule has 1 aliphatic rings. The van der Waals surface area contributed by atoms with Gasteiger partial charge in [-0.15, -0.1) is 0 Å². The average Bonchev–Trinajstić information content (AvgIpc) is 2.53. The van der Waals surface area contributed by atoms with Crippen LogP contribution in [-0.2, 0) is 4.79 Å². The first kappa shape index (κ1) is 16.8. The van der Waals surface area contributed by atoms with Crippen LogP contribution in [0.1, 0.15) is 6.42 Å². The van der Waals surface area contributed by atoms with Crippen molar-refractivity contribution in [3.8, 4) is 0 Å². The smallest absolute Gasteiger partial charge is 0.234 e. The van der Waals surface area contributed by atoms with Crippen LogP contribution in [0.15, 0.2) is 30.3 Å². The maximum Gasteiger partial charge on any atom is 0.234 e. The van der Waals surface area contributed by atoms with Crippen LogP contribution in [-0.4, -0.2) is 75.6 Å². The molecule has 1 aliphatic heterocycles. The Morgan fingerprint density at radius 2 is 1.82 bits per heavy atom. The molecule has 0 spiro atoms. The molecule has 1 fully saturated rings. The number of nitrogens with one attached hydrogen (secondary N) is 1. The highest BCUT2D eigenvalue weighted by Gasteiger charge is 2.18. The van der Waals surface area contributed by atoms with Crippen molar-refractivity contribution in [1.82, 2.24) is 15.1 Å². The number of anilines is 1. The lowest BCUT2D eigenvalue weighted by atomic mass is 10.2. The van der Waals surface area contributed by atoms with Crippen LogP contribution in [0.5, 0.6) is 0 Å². The van der Waals surface area contributed by atoms with Gasteiger partial charge in [-0.05, 0) is 39.2 Å². The minimum Gasteiger partial charge on any atom is -0.369 e. The van der Waals surface area contributed by atoms with Crippen molar-refractivity contribution in [2.45, 2.75) is 6.42 Å². The van der Waals surface area contributed by atoms with E-state index in [2.05, 4.69) is 44.3 Å². The molecular formula is C17H28N4O. The summed E-state index contributed by atoms with van der Waals surface area (Å²) < 4.78 is 0. The van der Waals surface area contributed by atoms with Crippen molar-refractivity contribution >= 4 is 11.6 Å². The first-order valence-electron chi connectivity index (χ1n) is 8.09. The highest BCUT2D eigenvalue weighted by atomic mass is 16.2.